The maximum atomic E-state index is 4.41. The van der Waals surface area contributed by atoms with Crippen molar-refractivity contribution < 1.29 is 0 Å². The van der Waals surface area contributed by atoms with E-state index in [0.717, 1.165) is 18.4 Å². The average Bonchev–Trinajstić information content (AvgIpc) is 2.46. The molecule has 1 aromatic heterocycles. The monoisotopic (exact) mass is 192 g/mol. The van der Waals surface area contributed by atoms with E-state index in [1.165, 1.54) is 31.4 Å². The van der Waals surface area contributed by atoms with Crippen LogP contribution in [-0.2, 0) is 6.54 Å². The summed E-state index contributed by atoms with van der Waals surface area (Å²) >= 11 is 0. The van der Waals surface area contributed by atoms with Gasteiger partial charge in [-0.05, 0) is 31.2 Å². The Morgan fingerprint density at radius 1 is 1.50 bits per heavy atom. The molecule has 0 aromatic carbocycles. The molecule has 1 heterocycles. The number of nitrogens with zero attached hydrogens (tertiary/aromatic N) is 2. The van der Waals surface area contributed by atoms with Gasteiger partial charge in [0.25, 0.3) is 0 Å². The molecule has 2 nitrogen and oxygen atoms in total. The van der Waals surface area contributed by atoms with Gasteiger partial charge in [0.1, 0.15) is 0 Å². The highest BCUT2D eigenvalue weighted by molar-refractivity contribution is 5.10. The average molecular weight is 192 g/mol. The van der Waals surface area contributed by atoms with Crippen molar-refractivity contribution in [1.29, 1.82) is 0 Å². The van der Waals surface area contributed by atoms with Crippen LogP contribution in [0.15, 0.2) is 12.3 Å². The molecule has 2 heteroatoms. The minimum atomic E-state index is 0.772. The zero-order chi connectivity index (χ0) is 9.97. The summed E-state index contributed by atoms with van der Waals surface area (Å²) in [5.74, 6) is 1.58. The standard InChI is InChI=1S/C12H20N2/c1-10(2)7-9-14-12(6-8-13-14)11-4-3-5-11/h6,8,10-11H,3-5,7,9H2,1-2H3. The lowest BCUT2D eigenvalue weighted by molar-refractivity contribution is 0.378. The molecule has 0 atom stereocenters. The smallest absolute Gasteiger partial charge is 0.0492 e. The van der Waals surface area contributed by atoms with Crippen molar-refractivity contribution in [3.63, 3.8) is 0 Å². The van der Waals surface area contributed by atoms with Crippen LogP contribution in [0.1, 0.15) is 51.1 Å². The quantitative estimate of drug-likeness (QED) is 0.716. The lowest BCUT2D eigenvalue weighted by atomic mass is 9.83. The second-order valence-electron chi connectivity index (χ2n) is 4.79. The summed E-state index contributed by atoms with van der Waals surface area (Å²) < 4.78 is 2.21. The van der Waals surface area contributed by atoms with Crippen molar-refractivity contribution >= 4 is 0 Å². The zero-order valence-corrected chi connectivity index (χ0v) is 9.24. The van der Waals surface area contributed by atoms with Gasteiger partial charge < -0.3 is 0 Å². The summed E-state index contributed by atoms with van der Waals surface area (Å²) in [5, 5.41) is 4.41. The van der Waals surface area contributed by atoms with E-state index < -0.39 is 0 Å². The van der Waals surface area contributed by atoms with E-state index in [1.807, 2.05) is 6.20 Å². The predicted octanol–water partition coefficient (Wildman–Crippen LogP) is 3.20. The first-order valence-electron chi connectivity index (χ1n) is 5.79. The Kier molecular flexibility index (Phi) is 2.90. The van der Waals surface area contributed by atoms with Crippen LogP contribution in [0, 0.1) is 5.92 Å². The molecule has 0 radical (unpaired) electrons. The predicted molar refractivity (Wildman–Crippen MR) is 58.3 cm³/mol. The highest BCUT2D eigenvalue weighted by Gasteiger charge is 2.22. The number of hydrogen-bond acceptors (Lipinski definition) is 1. The molecule has 0 unspecified atom stereocenters. The Labute approximate surface area is 86.3 Å². The lowest BCUT2D eigenvalue weighted by Crippen LogP contribution is -2.15. The fourth-order valence-corrected chi connectivity index (χ4v) is 1.96. The summed E-state index contributed by atoms with van der Waals surface area (Å²) in [6.07, 6.45) is 7.33. The number of hydrogen-bond donors (Lipinski definition) is 0. The van der Waals surface area contributed by atoms with E-state index in [1.54, 1.807) is 0 Å². The van der Waals surface area contributed by atoms with Crippen molar-refractivity contribution in [2.24, 2.45) is 5.92 Å². The first-order valence-corrected chi connectivity index (χ1v) is 5.79. The molecule has 0 amide bonds. The third-order valence-corrected chi connectivity index (χ3v) is 3.19. The third kappa shape index (κ3) is 1.99. The maximum absolute atomic E-state index is 4.41. The van der Waals surface area contributed by atoms with Crippen LogP contribution in [0.2, 0.25) is 0 Å². The summed E-state index contributed by atoms with van der Waals surface area (Å²) in [4.78, 5) is 0. The van der Waals surface area contributed by atoms with Gasteiger partial charge in [-0.25, -0.2) is 0 Å². The van der Waals surface area contributed by atoms with E-state index in [-0.39, 0.29) is 0 Å². The Bertz CT molecular complexity index is 284. The summed E-state index contributed by atoms with van der Waals surface area (Å²) in [6, 6.07) is 2.20. The van der Waals surface area contributed by atoms with Crippen molar-refractivity contribution in [1.82, 2.24) is 9.78 Å². The van der Waals surface area contributed by atoms with Crippen molar-refractivity contribution in [3.8, 4) is 0 Å². The van der Waals surface area contributed by atoms with E-state index in [2.05, 4.69) is 29.7 Å². The molecule has 78 valence electrons. The minimum Gasteiger partial charge on any atom is -0.269 e. The number of aryl methyl sites for hydroxylation is 1. The fraction of sp³-hybridized carbons (Fsp3) is 0.750. The Balaban J connectivity index is 1.98. The van der Waals surface area contributed by atoms with Crippen LogP contribution in [0.4, 0.5) is 0 Å². The Morgan fingerprint density at radius 3 is 2.86 bits per heavy atom. The fourth-order valence-electron chi connectivity index (χ4n) is 1.96. The zero-order valence-electron chi connectivity index (χ0n) is 9.24. The van der Waals surface area contributed by atoms with E-state index in [0.29, 0.717) is 0 Å². The van der Waals surface area contributed by atoms with Crippen LogP contribution < -0.4 is 0 Å². The van der Waals surface area contributed by atoms with E-state index in [4.69, 9.17) is 0 Å². The second-order valence-corrected chi connectivity index (χ2v) is 4.79. The van der Waals surface area contributed by atoms with Crippen molar-refractivity contribution in [3.05, 3.63) is 18.0 Å². The molecule has 1 saturated carbocycles. The molecule has 2 rings (SSSR count). The molecule has 1 aromatic rings. The van der Waals surface area contributed by atoms with Crippen LogP contribution in [0.5, 0.6) is 0 Å². The molecule has 0 bridgehead atoms. The first kappa shape index (κ1) is 9.75. The van der Waals surface area contributed by atoms with Gasteiger partial charge in [0.15, 0.2) is 0 Å². The molecule has 1 aliphatic rings. The van der Waals surface area contributed by atoms with Gasteiger partial charge in [0, 0.05) is 24.4 Å². The van der Waals surface area contributed by atoms with Crippen molar-refractivity contribution in [2.45, 2.75) is 52.0 Å². The third-order valence-electron chi connectivity index (χ3n) is 3.19. The lowest BCUT2D eigenvalue weighted by Gasteiger charge is -2.26. The van der Waals surface area contributed by atoms with Crippen LogP contribution in [0.25, 0.3) is 0 Å². The normalized spacial score (nSPS) is 17.4. The summed E-state index contributed by atoms with van der Waals surface area (Å²) in [5.41, 5.74) is 1.47. The van der Waals surface area contributed by atoms with Gasteiger partial charge in [-0.15, -0.1) is 0 Å². The molecule has 0 spiro atoms. The van der Waals surface area contributed by atoms with Crippen LogP contribution in [-0.4, -0.2) is 9.78 Å². The summed E-state index contributed by atoms with van der Waals surface area (Å²) in [7, 11) is 0. The van der Waals surface area contributed by atoms with Crippen molar-refractivity contribution in [2.75, 3.05) is 0 Å². The highest BCUT2D eigenvalue weighted by Crippen LogP contribution is 2.36. The molecular weight excluding hydrogens is 172 g/mol. The topological polar surface area (TPSA) is 17.8 Å². The Hall–Kier alpha value is -0.790. The molecule has 14 heavy (non-hydrogen) atoms. The molecule has 0 saturated heterocycles. The Morgan fingerprint density at radius 2 is 2.29 bits per heavy atom. The maximum Gasteiger partial charge on any atom is 0.0492 e. The molecule has 1 aliphatic carbocycles. The molecule has 0 N–H and O–H groups in total. The van der Waals surface area contributed by atoms with E-state index in [9.17, 15) is 0 Å². The largest absolute Gasteiger partial charge is 0.269 e. The van der Waals surface area contributed by atoms with Gasteiger partial charge in [-0.2, -0.15) is 5.10 Å². The SMILES string of the molecule is CC(C)CCn1nccc1C1CCC1. The minimum absolute atomic E-state index is 0.772. The number of aromatic nitrogens is 2. The molecule has 1 fully saturated rings. The van der Waals surface area contributed by atoms with Crippen LogP contribution in [0.3, 0.4) is 0 Å². The van der Waals surface area contributed by atoms with Crippen LogP contribution >= 0.6 is 0 Å². The first-order chi connectivity index (χ1) is 6.77. The summed E-state index contributed by atoms with van der Waals surface area (Å²) in [6.45, 7) is 5.63. The van der Waals surface area contributed by atoms with Gasteiger partial charge in [-0.1, -0.05) is 20.3 Å². The molecular formula is C12H20N2. The highest BCUT2D eigenvalue weighted by atomic mass is 15.3. The van der Waals surface area contributed by atoms with Gasteiger partial charge in [0.05, 0.1) is 0 Å². The molecule has 0 aliphatic heterocycles. The van der Waals surface area contributed by atoms with Gasteiger partial charge >= 0.3 is 0 Å². The van der Waals surface area contributed by atoms with E-state index >= 15 is 0 Å². The number of rotatable bonds is 4. The van der Waals surface area contributed by atoms with Gasteiger partial charge in [0.2, 0.25) is 0 Å². The second kappa shape index (κ2) is 4.16. The van der Waals surface area contributed by atoms with Gasteiger partial charge in [-0.3, -0.25) is 4.68 Å².